The lowest BCUT2D eigenvalue weighted by atomic mass is 10.0. The number of carbonyl (C=O) groups is 2. The van der Waals surface area contributed by atoms with E-state index in [-0.39, 0.29) is 40.6 Å². The number of rotatable bonds is 8. The summed E-state index contributed by atoms with van der Waals surface area (Å²) in [5.74, 6) is -0.891. The Kier molecular flexibility index (Phi) is 8.35. The van der Waals surface area contributed by atoms with Crippen molar-refractivity contribution in [1.29, 1.82) is 0 Å². The Balaban J connectivity index is 1.37. The van der Waals surface area contributed by atoms with Crippen molar-refractivity contribution in [2.75, 3.05) is 23.7 Å². The molecule has 4 heterocycles. The van der Waals surface area contributed by atoms with Gasteiger partial charge in [-0.15, -0.1) is 11.3 Å². The quantitative estimate of drug-likeness (QED) is 0.340. The van der Waals surface area contributed by atoms with Gasteiger partial charge < -0.3 is 16.0 Å². The van der Waals surface area contributed by atoms with Crippen LogP contribution in [0.25, 0.3) is 0 Å². The van der Waals surface area contributed by atoms with Crippen LogP contribution >= 0.6 is 22.9 Å². The molecule has 14 heteroatoms. The van der Waals surface area contributed by atoms with Gasteiger partial charge in [-0.05, 0) is 32.0 Å². The van der Waals surface area contributed by atoms with Gasteiger partial charge in [0.05, 0.1) is 21.8 Å². The fourth-order valence-electron chi connectivity index (χ4n) is 3.76. The van der Waals surface area contributed by atoms with E-state index in [1.165, 1.54) is 12.5 Å². The van der Waals surface area contributed by atoms with Gasteiger partial charge >= 0.3 is 6.18 Å². The van der Waals surface area contributed by atoms with Crippen molar-refractivity contribution in [3.05, 3.63) is 57.0 Å². The molecule has 9 nitrogen and oxygen atoms in total. The molecule has 0 spiro atoms. The molecule has 1 atom stereocenters. The van der Waals surface area contributed by atoms with Crippen LogP contribution in [0.4, 0.5) is 24.8 Å². The predicted octanol–water partition coefficient (Wildman–Crippen LogP) is 4.79. The summed E-state index contributed by atoms with van der Waals surface area (Å²) in [6.07, 6.45) is 0.819. The smallest absolute Gasteiger partial charge is 0.367 e. The van der Waals surface area contributed by atoms with Gasteiger partial charge in [-0.25, -0.2) is 19.9 Å². The number of alkyl halides is 3. The number of ketones is 1. The number of carbonyl (C=O) groups excluding carboxylic acids is 2. The summed E-state index contributed by atoms with van der Waals surface area (Å²) < 4.78 is 39.2. The van der Waals surface area contributed by atoms with Crippen molar-refractivity contribution in [1.82, 2.24) is 25.3 Å². The van der Waals surface area contributed by atoms with E-state index in [0.717, 1.165) is 43.5 Å². The van der Waals surface area contributed by atoms with Crippen LogP contribution in [0.1, 0.15) is 62.8 Å². The molecule has 3 N–H and O–H groups in total. The first-order valence-electron chi connectivity index (χ1n) is 11.4. The number of hydrogen-bond donors (Lipinski definition) is 3. The lowest BCUT2D eigenvalue weighted by molar-refractivity contribution is -0.137. The van der Waals surface area contributed by atoms with Crippen molar-refractivity contribution >= 4 is 46.3 Å². The number of anilines is 2. The molecule has 196 valence electrons. The predicted molar refractivity (Wildman–Crippen MR) is 133 cm³/mol. The highest BCUT2D eigenvalue weighted by Crippen LogP contribution is 2.35. The van der Waals surface area contributed by atoms with Crippen LogP contribution in [0, 0.1) is 0 Å². The monoisotopic (exact) mass is 553 g/mol. The average Bonchev–Trinajstić information content (AvgIpc) is 3.36. The summed E-state index contributed by atoms with van der Waals surface area (Å²) in [6.45, 7) is 3.64. The minimum absolute atomic E-state index is 0.103. The van der Waals surface area contributed by atoms with E-state index in [1.54, 1.807) is 13.0 Å². The first-order valence-corrected chi connectivity index (χ1v) is 12.6. The molecule has 3 aromatic rings. The highest BCUT2D eigenvalue weighted by Gasteiger charge is 2.34. The van der Waals surface area contributed by atoms with Crippen LogP contribution in [0.15, 0.2) is 30.9 Å². The number of aromatic nitrogens is 4. The van der Waals surface area contributed by atoms with Gasteiger partial charge in [-0.3, -0.25) is 9.59 Å². The summed E-state index contributed by atoms with van der Waals surface area (Å²) in [5, 5.41) is 8.91. The number of pyridine rings is 1. The molecule has 1 aliphatic rings. The first kappa shape index (κ1) is 26.9. The molecule has 37 heavy (non-hydrogen) atoms. The third-order valence-corrected chi connectivity index (χ3v) is 7.24. The van der Waals surface area contributed by atoms with Gasteiger partial charge in [0, 0.05) is 30.6 Å². The number of thiazole rings is 1. The van der Waals surface area contributed by atoms with Crippen molar-refractivity contribution < 1.29 is 22.8 Å². The van der Waals surface area contributed by atoms with E-state index in [4.69, 9.17) is 11.6 Å². The Morgan fingerprint density at radius 2 is 1.89 bits per heavy atom. The number of amides is 1. The molecular formula is C23H23ClF3N7O2S. The van der Waals surface area contributed by atoms with Crippen LogP contribution in [0.3, 0.4) is 0 Å². The maximum Gasteiger partial charge on any atom is 0.418 e. The zero-order valence-corrected chi connectivity index (χ0v) is 21.2. The van der Waals surface area contributed by atoms with E-state index in [0.29, 0.717) is 16.9 Å². The van der Waals surface area contributed by atoms with Crippen LogP contribution in [-0.2, 0) is 6.18 Å². The molecule has 0 aromatic carbocycles. The normalized spacial score (nSPS) is 15.3. The van der Waals surface area contributed by atoms with Crippen LogP contribution in [0.5, 0.6) is 0 Å². The van der Waals surface area contributed by atoms with Crippen LogP contribution in [0.2, 0.25) is 5.02 Å². The summed E-state index contributed by atoms with van der Waals surface area (Å²) in [6, 6.07) is 2.58. The third-order valence-electron chi connectivity index (χ3n) is 5.71. The van der Waals surface area contributed by atoms with Gasteiger partial charge in [-0.2, -0.15) is 13.2 Å². The molecule has 4 rings (SSSR count). The molecule has 1 fully saturated rings. The lowest BCUT2D eigenvalue weighted by Gasteiger charge is -2.24. The molecule has 0 aliphatic carbocycles. The Bertz CT molecular complexity index is 1280. The molecule has 1 amide bonds. The number of piperidine rings is 1. The molecule has 1 saturated heterocycles. The summed E-state index contributed by atoms with van der Waals surface area (Å²) in [5.41, 5.74) is -0.822. The van der Waals surface area contributed by atoms with Crippen molar-refractivity contribution in [2.24, 2.45) is 0 Å². The van der Waals surface area contributed by atoms with E-state index in [2.05, 4.69) is 35.9 Å². The maximum absolute atomic E-state index is 13.1. The van der Waals surface area contributed by atoms with Gasteiger partial charge in [0.15, 0.2) is 5.78 Å². The van der Waals surface area contributed by atoms with Crippen molar-refractivity contribution in [3.8, 4) is 0 Å². The van der Waals surface area contributed by atoms with Gasteiger partial charge in [-0.1, -0.05) is 18.5 Å². The number of nitrogens with one attached hydrogen (secondary N) is 3. The minimum Gasteiger partial charge on any atom is -0.367 e. The zero-order valence-electron chi connectivity index (χ0n) is 19.6. The summed E-state index contributed by atoms with van der Waals surface area (Å²) in [7, 11) is 0. The SMILES string of the molecule is CC(CC(=O)c1cc(NC2CCNCC2)ncn1)c1ncc(C(=O)Nc2cc(C(F)(F)F)c(Cl)cn2)s1. The Labute approximate surface area is 219 Å². The minimum atomic E-state index is -4.69. The zero-order chi connectivity index (χ0) is 26.6. The first-order chi connectivity index (χ1) is 17.6. The van der Waals surface area contributed by atoms with E-state index in [9.17, 15) is 22.8 Å². The topological polar surface area (TPSA) is 122 Å². The summed E-state index contributed by atoms with van der Waals surface area (Å²) in [4.78, 5) is 41.8. The molecular weight excluding hydrogens is 531 g/mol. The lowest BCUT2D eigenvalue weighted by Crippen LogP contribution is -2.35. The van der Waals surface area contributed by atoms with Crippen LogP contribution < -0.4 is 16.0 Å². The fraction of sp³-hybridized carbons (Fsp3) is 0.391. The Hall–Kier alpha value is -3.16. The molecule has 3 aromatic heterocycles. The third kappa shape index (κ3) is 6.99. The number of nitrogens with zero attached hydrogens (tertiary/aromatic N) is 4. The van der Waals surface area contributed by atoms with Crippen molar-refractivity contribution in [2.45, 2.75) is 44.3 Å². The van der Waals surface area contributed by atoms with Crippen molar-refractivity contribution in [3.63, 3.8) is 0 Å². The van der Waals surface area contributed by atoms with E-state index >= 15 is 0 Å². The van der Waals surface area contributed by atoms with Gasteiger partial charge in [0.1, 0.15) is 28.5 Å². The molecule has 0 radical (unpaired) electrons. The van der Waals surface area contributed by atoms with E-state index < -0.39 is 22.7 Å². The van der Waals surface area contributed by atoms with Crippen LogP contribution in [-0.4, -0.2) is 50.8 Å². The average molecular weight is 554 g/mol. The Morgan fingerprint density at radius 1 is 1.14 bits per heavy atom. The van der Waals surface area contributed by atoms with Gasteiger partial charge in [0.25, 0.3) is 5.91 Å². The van der Waals surface area contributed by atoms with Gasteiger partial charge in [0.2, 0.25) is 0 Å². The molecule has 1 unspecified atom stereocenters. The number of halogens is 4. The second-order valence-electron chi connectivity index (χ2n) is 8.55. The summed E-state index contributed by atoms with van der Waals surface area (Å²) >= 11 is 6.61. The highest BCUT2D eigenvalue weighted by molar-refractivity contribution is 7.13. The fourth-order valence-corrected chi connectivity index (χ4v) is 4.83. The Morgan fingerprint density at radius 3 is 2.62 bits per heavy atom. The molecule has 0 bridgehead atoms. The van der Waals surface area contributed by atoms with E-state index in [1.807, 2.05) is 0 Å². The second kappa shape index (κ2) is 11.5. The molecule has 0 saturated carbocycles. The highest BCUT2D eigenvalue weighted by atomic mass is 35.5. The largest absolute Gasteiger partial charge is 0.418 e. The number of hydrogen-bond acceptors (Lipinski definition) is 9. The molecule has 1 aliphatic heterocycles. The standard InChI is InChI=1S/C23H23ClF3N7O2S/c1-12(6-17(35)16-8-20(32-11-31-16)33-13-2-4-28-5-3-13)22-30-10-18(37-22)21(36)34-19-7-14(23(25,26)27)15(24)9-29-19/h7-13,28H,2-6H2,1H3,(H,29,34,36)(H,31,32,33). The maximum atomic E-state index is 13.1. The second-order valence-corrected chi connectivity index (χ2v) is 10.0. The number of Topliss-reactive ketones (excluding diaryl/α,β-unsaturated/α-hetero) is 1.